The summed E-state index contributed by atoms with van der Waals surface area (Å²) in [5.41, 5.74) is 3.24. The lowest BCUT2D eigenvalue weighted by Crippen LogP contribution is -2.45. The van der Waals surface area contributed by atoms with Crippen molar-refractivity contribution in [1.82, 2.24) is 26.1 Å². The van der Waals surface area contributed by atoms with Crippen LogP contribution in [0.2, 0.25) is 0 Å². The van der Waals surface area contributed by atoms with E-state index in [0.717, 1.165) is 29.8 Å². The van der Waals surface area contributed by atoms with Gasteiger partial charge in [0, 0.05) is 37.3 Å². The number of fused-ring (bicyclic) bond motifs is 1. The van der Waals surface area contributed by atoms with Crippen LogP contribution in [0.3, 0.4) is 0 Å². The van der Waals surface area contributed by atoms with Crippen LogP contribution in [0.1, 0.15) is 34.2 Å². The topological polar surface area (TPSA) is 98.9 Å². The van der Waals surface area contributed by atoms with Gasteiger partial charge in [-0.1, -0.05) is 30.3 Å². The molecule has 1 aliphatic rings. The van der Waals surface area contributed by atoms with Crippen LogP contribution in [0.4, 0.5) is 0 Å². The number of nitrogens with zero attached hydrogens (tertiary/aromatic N) is 1. The predicted molar refractivity (Wildman–Crippen MR) is 89.2 cm³/mol. The first-order valence-electron chi connectivity index (χ1n) is 8.04. The maximum absolute atomic E-state index is 12.4. The number of amides is 2. The van der Waals surface area contributed by atoms with Gasteiger partial charge in [-0.15, -0.1) is 0 Å². The first-order chi connectivity index (χ1) is 11.6. The zero-order valence-corrected chi connectivity index (χ0v) is 13.6. The van der Waals surface area contributed by atoms with Gasteiger partial charge in [-0.25, -0.2) is 0 Å². The monoisotopic (exact) mass is 327 g/mol. The second kappa shape index (κ2) is 7.27. The molecule has 2 aromatic rings. The van der Waals surface area contributed by atoms with Crippen molar-refractivity contribution >= 4 is 11.8 Å². The largest absolute Gasteiger partial charge is 0.350 e. The summed E-state index contributed by atoms with van der Waals surface area (Å²) in [5, 5.41) is 15.7. The van der Waals surface area contributed by atoms with E-state index in [1.165, 1.54) is 0 Å². The van der Waals surface area contributed by atoms with Crippen LogP contribution < -0.4 is 16.0 Å². The molecule has 1 aromatic heterocycles. The fraction of sp³-hybridized carbons (Fsp3) is 0.353. The average Bonchev–Trinajstić information content (AvgIpc) is 3.04. The van der Waals surface area contributed by atoms with Crippen molar-refractivity contribution in [2.75, 3.05) is 6.54 Å². The number of rotatable bonds is 5. The molecule has 24 heavy (non-hydrogen) atoms. The second-order valence-electron chi connectivity index (χ2n) is 5.85. The predicted octanol–water partition coefficient (Wildman–Crippen LogP) is 0.490. The minimum absolute atomic E-state index is 0.227. The number of hydrogen-bond acceptors (Lipinski definition) is 4. The molecule has 2 heterocycles. The summed E-state index contributed by atoms with van der Waals surface area (Å²) < 4.78 is 0. The third-order valence-electron chi connectivity index (χ3n) is 4.07. The molecule has 0 spiro atoms. The Morgan fingerprint density at radius 1 is 1.29 bits per heavy atom. The molecule has 4 N–H and O–H groups in total. The standard InChI is InChI=1S/C17H21N5O2/c1-11(16(23)19-9-12-5-3-2-4-6-12)20-17(24)15-13-10-18-8-7-14(13)21-22-15/h2-6,11,18H,7-10H2,1H3,(H,19,23)(H,20,24)(H,21,22). The van der Waals surface area contributed by atoms with Crippen molar-refractivity contribution in [1.29, 1.82) is 0 Å². The Bertz CT molecular complexity index is 726. The first-order valence-corrected chi connectivity index (χ1v) is 8.04. The van der Waals surface area contributed by atoms with Crippen LogP contribution in [0.5, 0.6) is 0 Å². The van der Waals surface area contributed by atoms with E-state index in [1.807, 2.05) is 30.3 Å². The lowest BCUT2D eigenvalue weighted by Gasteiger charge is -2.15. The van der Waals surface area contributed by atoms with E-state index in [4.69, 9.17) is 0 Å². The summed E-state index contributed by atoms with van der Waals surface area (Å²) in [5.74, 6) is -0.562. The first kappa shape index (κ1) is 16.2. The second-order valence-corrected chi connectivity index (χ2v) is 5.85. The molecule has 1 aromatic carbocycles. The molecular weight excluding hydrogens is 306 g/mol. The Hall–Kier alpha value is -2.67. The van der Waals surface area contributed by atoms with Crippen LogP contribution >= 0.6 is 0 Å². The highest BCUT2D eigenvalue weighted by Gasteiger charge is 2.24. The average molecular weight is 327 g/mol. The number of carbonyl (C=O) groups excluding carboxylic acids is 2. The molecule has 3 rings (SSSR count). The van der Waals surface area contributed by atoms with E-state index >= 15 is 0 Å². The van der Waals surface area contributed by atoms with Crippen LogP contribution in [0, 0.1) is 0 Å². The van der Waals surface area contributed by atoms with Gasteiger partial charge in [0.05, 0.1) is 0 Å². The van der Waals surface area contributed by atoms with E-state index in [2.05, 4.69) is 26.1 Å². The highest BCUT2D eigenvalue weighted by Crippen LogP contribution is 2.15. The number of nitrogens with one attached hydrogen (secondary N) is 4. The normalized spacial score (nSPS) is 14.5. The van der Waals surface area contributed by atoms with Gasteiger partial charge in [0.1, 0.15) is 6.04 Å². The maximum atomic E-state index is 12.4. The number of H-pyrrole nitrogens is 1. The zero-order valence-electron chi connectivity index (χ0n) is 13.6. The van der Waals surface area contributed by atoms with E-state index in [-0.39, 0.29) is 11.8 Å². The van der Waals surface area contributed by atoms with Crippen LogP contribution in [-0.2, 0) is 24.3 Å². The maximum Gasteiger partial charge on any atom is 0.272 e. The summed E-state index contributed by atoms with van der Waals surface area (Å²) in [6, 6.07) is 9.00. The molecule has 0 saturated carbocycles. The van der Waals surface area contributed by atoms with Crippen molar-refractivity contribution in [3.05, 3.63) is 52.8 Å². The minimum atomic E-state index is -0.634. The Kier molecular flexibility index (Phi) is 4.90. The molecule has 0 radical (unpaired) electrons. The van der Waals surface area contributed by atoms with Crippen LogP contribution in [-0.4, -0.2) is 34.6 Å². The Balaban J connectivity index is 1.56. The molecule has 0 saturated heterocycles. The third-order valence-corrected chi connectivity index (χ3v) is 4.07. The minimum Gasteiger partial charge on any atom is -0.350 e. The van der Waals surface area contributed by atoms with Crippen LogP contribution in [0.25, 0.3) is 0 Å². The van der Waals surface area contributed by atoms with Crippen molar-refractivity contribution < 1.29 is 9.59 Å². The summed E-state index contributed by atoms with van der Waals surface area (Å²) in [4.78, 5) is 24.5. The van der Waals surface area contributed by atoms with E-state index < -0.39 is 6.04 Å². The number of aromatic amines is 1. The third kappa shape index (κ3) is 3.62. The van der Waals surface area contributed by atoms with Gasteiger partial charge in [0.25, 0.3) is 5.91 Å². The Labute approximate surface area is 140 Å². The number of aromatic nitrogens is 2. The molecular formula is C17H21N5O2. The smallest absolute Gasteiger partial charge is 0.272 e. The molecule has 2 amide bonds. The van der Waals surface area contributed by atoms with Gasteiger partial charge in [0.2, 0.25) is 5.91 Å². The van der Waals surface area contributed by atoms with Crippen molar-refractivity contribution in [2.45, 2.75) is 32.5 Å². The quantitative estimate of drug-likeness (QED) is 0.642. The van der Waals surface area contributed by atoms with Gasteiger partial charge in [-0.05, 0) is 12.5 Å². The number of hydrogen-bond donors (Lipinski definition) is 4. The molecule has 1 atom stereocenters. The van der Waals surface area contributed by atoms with Crippen LogP contribution in [0.15, 0.2) is 30.3 Å². The fourth-order valence-electron chi connectivity index (χ4n) is 2.68. The van der Waals surface area contributed by atoms with Gasteiger partial charge >= 0.3 is 0 Å². The number of benzene rings is 1. The van der Waals surface area contributed by atoms with E-state index in [0.29, 0.717) is 18.8 Å². The van der Waals surface area contributed by atoms with Gasteiger partial charge in [-0.2, -0.15) is 5.10 Å². The van der Waals surface area contributed by atoms with Crippen molar-refractivity contribution in [2.24, 2.45) is 0 Å². The molecule has 126 valence electrons. The van der Waals surface area contributed by atoms with Gasteiger partial charge in [0.15, 0.2) is 5.69 Å². The fourth-order valence-corrected chi connectivity index (χ4v) is 2.68. The summed E-state index contributed by atoms with van der Waals surface area (Å²) >= 11 is 0. The van der Waals surface area contributed by atoms with E-state index in [9.17, 15) is 9.59 Å². The van der Waals surface area contributed by atoms with Gasteiger partial charge in [-0.3, -0.25) is 14.7 Å². The molecule has 0 aliphatic carbocycles. The molecule has 0 bridgehead atoms. The Morgan fingerprint density at radius 3 is 2.88 bits per heavy atom. The van der Waals surface area contributed by atoms with Gasteiger partial charge < -0.3 is 16.0 Å². The number of carbonyl (C=O) groups is 2. The summed E-state index contributed by atoms with van der Waals surface area (Å²) in [6.45, 7) is 3.58. The molecule has 7 nitrogen and oxygen atoms in total. The highest BCUT2D eigenvalue weighted by atomic mass is 16.2. The van der Waals surface area contributed by atoms with Crippen molar-refractivity contribution in [3.8, 4) is 0 Å². The summed E-state index contributed by atoms with van der Waals surface area (Å²) in [6.07, 6.45) is 0.822. The zero-order chi connectivity index (χ0) is 16.9. The Morgan fingerprint density at radius 2 is 2.08 bits per heavy atom. The molecule has 0 fully saturated rings. The molecule has 7 heteroatoms. The lowest BCUT2D eigenvalue weighted by molar-refractivity contribution is -0.122. The molecule has 1 unspecified atom stereocenters. The van der Waals surface area contributed by atoms with Crippen molar-refractivity contribution in [3.63, 3.8) is 0 Å². The molecule has 1 aliphatic heterocycles. The summed E-state index contributed by atoms with van der Waals surface area (Å²) in [7, 11) is 0. The lowest BCUT2D eigenvalue weighted by atomic mass is 10.1. The SMILES string of the molecule is CC(NC(=O)c1n[nH]c2c1CNCC2)C(=O)NCc1ccccc1. The van der Waals surface area contributed by atoms with E-state index in [1.54, 1.807) is 6.92 Å². The highest BCUT2D eigenvalue weighted by molar-refractivity contribution is 5.97.